The lowest BCUT2D eigenvalue weighted by molar-refractivity contribution is -0.568. The predicted octanol–water partition coefficient (Wildman–Crippen LogP) is 1.58. The number of nitrogens with zero attached hydrogens (tertiary/aromatic N) is 1. The lowest BCUT2D eigenvalue weighted by Gasteiger charge is -2.19. The first-order valence-corrected chi connectivity index (χ1v) is 5.00. The van der Waals surface area contributed by atoms with Crippen molar-refractivity contribution in [3.05, 3.63) is 10.1 Å². The van der Waals surface area contributed by atoms with E-state index in [0.29, 0.717) is 6.42 Å². The minimum atomic E-state index is -0.675. The molecule has 0 amide bonds. The van der Waals surface area contributed by atoms with Gasteiger partial charge in [0.2, 0.25) is 5.54 Å². The van der Waals surface area contributed by atoms with E-state index < -0.39 is 5.54 Å². The van der Waals surface area contributed by atoms with E-state index in [4.69, 9.17) is 0 Å². The van der Waals surface area contributed by atoms with Crippen LogP contribution in [0, 0.1) is 10.1 Å². The molecule has 0 aromatic carbocycles. The third kappa shape index (κ3) is 2.95. The van der Waals surface area contributed by atoms with Crippen molar-refractivity contribution in [1.82, 2.24) is 5.32 Å². The van der Waals surface area contributed by atoms with Crippen molar-refractivity contribution in [2.24, 2.45) is 0 Å². The summed E-state index contributed by atoms with van der Waals surface area (Å²) in [5.74, 6) is 0. The molecule has 4 nitrogen and oxygen atoms in total. The predicted molar refractivity (Wildman–Crippen MR) is 51.4 cm³/mol. The highest BCUT2D eigenvalue weighted by Crippen LogP contribution is 2.24. The van der Waals surface area contributed by atoms with Gasteiger partial charge in [-0.1, -0.05) is 0 Å². The molecule has 76 valence electrons. The van der Waals surface area contributed by atoms with Gasteiger partial charge in [-0.05, 0) is 32.4 Å². The molecule has 1 unspecified atom stereocenters. The van der Waals surface area contributed by atoms with Crippen LogP contribution in [0.2, 0.25) is 0 Å². The molecule has 0 spiro atoms. The Morgan fingerprint density at radius 3 is 2.54 bits per heavy atom. The third-order valence-electron chi connectivity index (χ3n) is 2.83. The molecule has 1 aliphatic heterocycles. The van der Waals surface area contributed by atoms with Crippen molar-refractivity contribution in [3.63, 3.8) is 0 Å². The van der Waals surface area contributed by atoms with Crippen LogP contribution in [0.1, 0.15) is 39.0 Å². The van der Waals surface area contributed by atoms with Crippen LogP contribution in [-0.2, 0) is 0 Å². The largest absolute Gasteiger partial charge is 0.317 e. The van der Waals surface area contributed by atoms with Gasteiger partial charge in [0.1, 0.15) is 0 Å². The number of nitrogens with one attached hydrogen (secondary N) is 1. The average molecular weight is 186 g/mol. The van der Waals surface area contributed by atoms with Crippen LogP contribution < -0.4 is 5.32 Å². The lowest BCUT2D eigenvalue weighted by Crippen LogP contribution is -2.34. The summed E-state index contributed by atoms with van der Waals surface area (Å²) >= 11 is 0. The second-order valence-corrected chi connectivity index (χ2v) is 4.06. The van der Waals surface area contributed by atoms with Crippen LogP contribution in [-0.4, -0.2) is 23.6 Å². The van der Waals surface area contributed by atoms with Crippen molar-refractivity contribution in [2.75, 3.05) is 13.1 Å². The van der Waals surface area contributed by atoms with Crippen molar-refractivity contribution >= 4 is 0 Å². The molecule has 1 N–H and O–H groups in total. The van der Waals surface area contributed by atoms with Gasteiger partial charge in [0.15, 0.2) is 0 Å². The van der Waals surface area contributed by atoms with Crippen molar-refractivity contribution in [1.29, 1.82) is 0 Å². The summed E-state index contributed by atoms with van der Waals surface area (Å²) in [6.07, 6.45) is 4.36. The summed E-state index contributed by atoms with van der Waals surface area (Å²) in [5, 5.41) is 14.1. The molecule has 0 bridgehead atoms. The smallest absolute Gasteiger partial charge is 0.219 e. The number of rotatable bonds is 1. The van der Waals surface area contributed by atoms with Gasteiger partial charge < -0.3 is 5.32 Å². The zero-order valence-corrected chi connectivity index (χ0v) is 8.21. The molecule has 0 saturated carbocycles. The number of hydrogen-bond acceptors (Lipinski definition) is 3. The summed E-state index contributed by atoms with van der Waals surface area (Å²) in [7, 11) is 0. The summed E-state index contributed by atoms with van der Waals surface area (Å²) in [4.78, 5) is 10.7. The Bertz CT molecular complexity index is 172. The molecule has 4 heteroatoms. The molecule has 0 aromatic rings. The fourth-order valence-corrected chi connectivity index (χ4v) is 1.78. The van der Waals surface area contributed by atoms with Crippen LogP contribution in [0.15, 0.2) is 0 Å². The Labute approximate surface area is 78.9 Å². The van der Waals surface area contributed by atoms with E-state index in [9.17, 15) is 10.1 Å². The average Bonchev–Trinajstić information content (AvgIpc) is 2.18. The van der Waals surface area contributed by atoms with Crippen molar-refractivity contribution < 1.29 is 4.92 Å². The third-order valence-corrected chi connectivity index (χ3v) is 2.83. The quantitative estimate of drug-likeness (QED) is 0.499. The highest BCUT2D eigenvalue weighted by molar-refractivity contribution is 4.75. The molecule has 1 aliphatic rings. The maximum atomic E-state index is 10.8. The maximum absolute atomic E-state index is 10.8. The Morgan fingerprint density at radius 2 is 1.85 bits per heavy atom. The summed E-state index contributed by atoms with van der Waals surface area (Å²) in [6, 6.07) is 0. The molecule has 1 heterocycles. The fraction of sp³-hybridized carbons (Fsp3) is 1.00. The minimum absolute atomic E-state index is 0.0989. The van der Waals surface area contributed by atoms with Crippen LogP contribution >= 0.6 is 0 Å². The topological polar surface area (TPSA) is 55.2 Å². The van der Waals surface area contributed by atoms with Crippen molar-refractivity contribution in [3.8, 4) is 0 Å². The SMILES string of the molecule is CC1([N+](=O)[O-])CCCCNCCC1. The zero-order chi connectivity index (χ0) is 9.73. The molecule has 0 aliphatic carbocycles. The van der Waals surface area contributed by atoms with Gasteiger partial charge in [0, 0.05) is 24.7 Å². The van der Waals surface area contributed by atoms with Gasteiger partial charge in [0.25, 0.3) is 0 Å². The van der Waals surface area contributed by atoms with Gasteiger partial charge >= 0.3 is 0 Å². The first-order valence-electron chi connectivity index (χ1n) is 5.00. The van der Waals surface area contributed by atoms with E-state index in [1.54, 1.807) is 6.92 Å². The van der Waals surface area contributed by atoms with E-state index in [1.807, 2.05) is 0 Å². The van der Waals surface area contributed by atoms with Crippen molar-refractivity contribution in [2.45, 2.75) is 44.6 Å². The molecule has 1 rings (SSSR count). The van der Waals surface area contributed by atoms with Gasteiger partial charge in [-0.25, -0.2) is 0 Å². The molecular formula is C9H18N2O2. The monoisotopic (exact) mass is 186 g/mol. The fourth-order valence-electron chi connectivity index (χ4n) is 1.78. The van der Waals surface area contributed by atoms with Crippen LogP contribution in [0.5, 0.6) is 0 Å². The molecule has 0 radical (unpaired) electrons. The highest BCUT2D eigenvalue weighted by atomic mass is 16.6. The highest BCUT2D eigenvalue weighted by Gasteiger charge is 2.35. The summed E-state index contributed by atoms with van der Waals surface area (Å²) < 4.78 is 0. The Balaban J connectivity index is 2.54. The molecule has 1 fully saturated rings. The zero-order valence-electron chi connectivity index (χ0n) is 8.21. The Kier molecular flexibility index (Phi) is 3.66. The molecule has 0 aromatic heterocycles. The van der Waals surface area contributed by atoms with Gasteiger partial charge in [-0.15, -0.1) is 0 Å². The second kappa shape index (κ2) is 4.56. The lowest BCUT2D eigenvalue weighted by atomic mass is 9.91. The van der Waals surface area contributed by atoms with Crippen LogP contribution in [0.4, 0.5) is 0 Å². The summed E-state index contributed by atoms with van der Waals surface area (Å²) in [6.45, 7) is 3.70. The van der Waals surface area contributed by atoms with Gasteiger partial charge in [0.05, 0.1) is 0 Å². The molecule has 1 atom stereocenters. The van der Waals surface area contributed by atoms with Gasteiger partial charge in [-0.3, -0.25) is 10.1 Å². The second-order valence-electron chi connectivity index (χ2n) is 4.06. The first kappa shape index (κ1) is 10.4. The summed E-state index contributed by atoms with van der Waals surface area (Å²) in [5.41, 5.74) is -0.675. The first-order chi connectivity index (χ1) is 6.15. The van der Waals surface area contributed by atoms with Gasteiger partial charge in [-0.2, -0.15) is 0 Å². The van der Waals surface area contributed by atoms with E-state index in [-0.39, 0.29) is 4.92 Å². The maximum Gasteiger partial charge on any atom is 0.219 e. The normalized spacial score (nSPS) is 31.5. The van der Waals surface area contributed by atoms with E-state index in [0.717, 1.165) is 38.8 Å². The number of nitro groups is 1. The number of hydrogen-bond donors (Lipinski definition) is 1. The van der Waals surface area contributed by atoms with Crippen LogP contribution in [0.3, 0.4) is 0 Å². The Morgan fingerprint density at radius 1 is 1.23 bits per heavy atom. The Hall–Kier alpha value is -0.640. The van der Waals surface area contributed by atoms with E-state index in [2.05, 4.69) is 5.32 Å². The van der Waals surface area contributed by atoms with E-state index in [1.165, 1.54) is 0 Å². The minimum Gasteiger partial charge on any atom is -0.317 e. The van der Waals surface area contributed by atoms with E-state index >= 15 is 0 Å². The molecule has 1 saturated heterocycles. The molecular weight excluding hydrogens is 168 g/mol. The van der Waals surface area contributed by atoms with Crippen LogP contribution in [0.25, 0.3) is 0 Å². The standard InChI is InChI=1S/C9H18N2O2/c1-9(11(12)13)5-2-3-7-10-8-4-6-9/h10H,2-8H2,1H3. The molecule has 13 heavy (non-hydrogen) atoms.